The van der Waals surface area contributed by atoms with Gasteiger partial charge in [0.05, 0.1) is 12.2 Å². The average molecular weight is 381 g/mol. The van der Waals surface area contributed by atoms with Gasteiger partial charge >= 0.3 is 0 Å². The van der Waals surface area contributed by atoms with Gasteiger partial charge in [0.1, 0.15) is 5.01 Å². The summed E-state index contributed by atoms with van der Waals surface area (Å²) in [5.74, 6) is 1.38. The van der Waals surface area contributed by atoms with Crippen molar-refractivity contribution in [1.82, 2.24) is 25.4 Å². The molecule has 26 heavy (non-hydrogen) atoms. The Morgan fingerprint density at radius 1 is 1.23 bits per heavy atom. The third-order valence-electron chi connectivity index (χ3n) is 4.67. The van der Waals surface area contributed by atoms with Gasteiger partial charge in [0.2, 0.25) is 0 Å². The Hall–Kier alpha value is -1.18. The molecule has 2 N–H and O–H groups in total. The molecule has 0 atom stereocenters. The van der Waals surface area contributed by atoms with Gasteiger partial charge in [-0.3, -0.25) is 0 Å². The van der Waals surface area contributed by atoms with E-state index in [2.05, 4.69) is 63.6 Å². The summed E-state index contributed by atoms with van der Waals surface area (Å²) in [5, 5.41) is 10.0. The fraction of sp³-hybridized carbons (Fsp3) is 0.789. The van der Waals surface area contributed by atoms with E-state index in [1.165, 1.54) is 51.3 Å². The van der Waals surface area contributed by atoms with Crippen molar-refractivity contribution in [2.45, 2.75) is 46.1 Å². The van der Waals surface area contributed by atoms with Crippen LogP contribution < -0.4 is 10.6 Å². The number of aromatic nitrogens is 1. The van der Waals surface area contributed by atoms with E-state index in [0.717, 1.165) is 24.1 Å². The SMILES string of the molecule is CCNC(=NCc1nc(C(C)C)cs1)NCCCCN1CCN(C)CC1. The molecule has 2 heterocycles. The molecule has 2 rings (SSSR count). The van der Waals surface area contributed by atoms with Crippen LogP contribution in [-0.4, -0.2) is 73.6 Å². The van der Waals surface area contributed by atoms with Crippen molar-refractivity contribution in [3.8, 4) is 0 Å². The minimum atomic E-state index is 0.482. The van der Waals surface area contributed by atoms with E-state index in [-0.39, 0.29) is 0 Å². The van der Waals surface area contributed by atoms with Crippen LogP contribution in [0.3, 0.4) is 0 Å². The molecule has 7 heteroatoms. The van der Waals surface area contributed by atoms with Crippen LogP contribution in [0.25, 0.3) is 0 Å². The molecule has 1 saturated heterocycles. The first-order valence-corrected chi connectivity index (χ1v) is 10.8. The predicted octanol–water partition coefficient (Wildman–Crippen LogP) is 2.35. The fourth-order valence-electron chi connectivity index (χ4n) is 2.89. The smallest absolute Gasteiger partial charge is 0.191 e. The molecule has 148 valence electrons. The number of piperazine rings is 1. The average Bonchev–Trinajstić information content (AvgIpc) is 3.10. The Kier molecular flexibility index (Phi) is 9.36. The third-order valence-corrected chi connectivity index (χ3v) is 5.52. The van der Waals surface area contributed by atoms with Crippen molar-refractivity contribution in [1.29, 1.82) is 0 Å². The zero-order valence-electron chi connectivity index (χ0n) is 16.9. The standard InChI is InChI=1S/C19H36N6S/c1-5-20-19(22-14-18-23-17(15-26-18)16(2)3)21-8-6-7-9-25-12-10-24(4)11-13-25/h15-16H,5-14H2,1-4H3,(H2,20,21,22). The highest BCUT2D eigenvalue weighted by molar-refractivity contribution is 7.09. The van der Waals surface area contributed by atoms with E-state index in [1.807, 2.05) is 0 Å². The van der Waals surface area contributed by atoms with E-state index >= 15 is 0 Å². The number of nitrogens with one attached hydrogen (secondary N) is 2. The van der Waals surface area contributed by atoms with Crippen molar-refractivity contribution < 1.29 is 0 Å². The lowest BCUT2D eigenvalue weighted by Crippen LogP contribution is -2.44. The van der Waals surface area contributed by atoms with Crippen LogP contribution >= 0.6 is 11.3 Å². The minimum absolute atomic E-state index is 0.482. The zero-order valence-corrected chi connectivity index (χ0v) is 17.7. The van der Waals surface area contributed by atoms with Gasteiger partial charge in [0, 0.05) is 44.6 Å². The number of guanidine groups is 1. The van der Waals surface area contributed by atoms with E-state index in [4.69, 9.17) is 0 Å². The van der Waals surface area contributed by atoms with E-state index < -0.39 is 0 Å². The predicted molar refractivity (Wildman–Crippen MR) is 112 cm³/mol. The molecule has 1 aromatic heterocycles. The normalized spacial score (nSPS) is 17.0. The summed E-state index contributed by atoms with van der Waals surface area (Å²) in [5.41, 5.74) is 1.17. The summed E-state index contributed by atoms with van der Waals surface area (Å²) in [6, 6.07) is 0. The summed E-state index contributed by atoms with van der Waals surface area (Å²) >= 11 is 1.70. The monoisotopic (exact) mass is 380 g/mol. The highest BCUT2D eigenvalue weighted by Gasteiger charge is 2.12. The van der Waals surface area contributed by atoms with Gasteiger partial charge in [-0.25, -0.2) is 9.98 Å². The third kappa shape index (κ3) is 7.60. The van der Waals surface area contributed by atoms with E-state index in [0.29, 0.717) is 12.5 Å². The van der Waals surface area contributed by atoms with Crippen LogP contribution in [0.4, 0.5) is 0 Å². The molecule has 0 unspecified atom stereocenters. The Morgan fingerprint density at radius 2 is 2.00 bits per heavy atom. The van der Waals surface area contributed by atoms with Crippen LogP contribution in [0.2, 0.25) is 0 Å². The lowest BCUT2D eigenvalue weighted by molar-refractivity contribution is 0.152. The number of unbranched alkanes of at least 4 members (excludes halogenated alkanes) is 1. The zero-order chi connectivity index (χ0) is 18.8. The molecule has 0 aromatic carbocycles. The van der Waals surface area contributed by atoms with Gasteiger partial charge in [-0.2, -0.15) is 0 Å². The van der Waals surface area contributed by atoms with Crippen molar-refractivity contribution in [3.63, 3.8) is 0 Å². The Bertz CT molecular complexity index is 534. The summed E-state index contributed by atoms with van der Waals surface area (Å²) in [6.45, 7) is 15.0. The molecule has 0 bridgehead atoms. The van der Waals surface area contributed by atoms with E-state index in [9.17, 15) is 0 Å². The molecule has 6 nitrogen and oxygen atoms in total. The van der Waals surface area contributed by atoms with Gasteiger partial charge in [-0.05, 0) is 39.3 Å². The molecular formula is C19H36N6S. The second kappa shape index (κ2) is 11.5. The lowest BCUT2D eigenvalue weighted by Gasteiger charge is -2.32. The van der Waals surface area contributed by atoms with Gasteiger partial charge < -0.3 is 20.4 Å². The Labute approximate surface area is 163 Å². The first kappa shape index (κ1) is 21.1. The van der Waals surface area contributed by atoms with Crippen molar-refractivity contribution in [3.05, 3.63) is 16.1 Å². The summed E-state index contributed by atoms with van der Waals surface area (Å²) in [7, 11) is 2.21. The molecule has 0 radical (unpaired) electrons. The van der Waals surface area contributed by atoms with E-state index in [1.54, 1.807) is 11.3 Å². The highest BCUT2D eigenvalue weighted by Crippen LogP contribution is 2.18. The number of hydrogen-bond acceptors (Lipinski definition) is 5. The first-order chi connectivity index (χ1) is 12.6. The van der Waals surface area contributed by atoms with Crippen LogP contribution in [0.1, 0.15) is 50.2 Å². The second-order valence-electron chi connectivity index (χ2n) is 7.29. The van der Waals surface area contributed by atoms with Gasteiger partial charge in [-0.15, -0.1) is 11.3 Å². The van der Waals surface area contributed by atoms with Crippen molar-refractivity contribution in [2.75, 3.05) is 52.9 Å². The van der Waals surface area contributed by atoms with Crippen molar-refractivity contribution in [2.24, 2.45) is 4.99 Å². The summed E-state index contributed by atoms with van der Waals surface area (Å²) in [4.78, 5) is 14.3. The molecule has 0 spiro atoms. The molecule has 0 aliphatic carbocycles. The van der Waals surface area contributed by atoms with Crippen LogP contribution in [0, 0.1) is 0 Å². The van der Waals surface area contributed by atoms with Crippen LogP contribution in [0.5, 0.6) is 0 Å². The first-order valence-electron chi connectivity index (χ1n) is 9.96. The molecule has 0 saturated carbocycles. The maximum absolute atomic E-state index is 4.68. The number of nitrogens with zero attached hydrogens (tertiary/aromatic N) is 4. The molecule has 1 fully saturated rings. The molecule has 1 aliphatic rings. The number of rotatable bonds is 9. The maximum atomic E-state index is 4.68. The summed E-state index contributed by atoms with van der Waals surface area (Å²) < 4.78 is 0. The molecular weight excluding hydrogens is 344 g/mol. The Morgan fingerprint density at radius 3 is 2.65 bits per heavy atom. The van der Waals surface area contributed by atoms with Gasteiger partial charge in [0.15, 0.2) is 5.96 Å². The second-order valence-corrected chi connectivity index (χ2v) is 8.24. The largest absolute Gasteiger partial charge is 0.357 e. The maximum Gasteiger partial charge on any atom is 0.191 e. The number of likely N-dealkylation sites (N-methyl/N-ethyl adjacent to an activating group) is 1. The molecule has 1 aliphatic heterocycles. The number of aliphatic imine (C=N–C) groups is 1. The number of hydrogen-bond donors (Lipinski definition) is 2. The Balaban J connectivity index is 1.66. The molecule has 1 aromatic rings. The lowest BCUT2D eigenvalue weighted by atomic mass is 10.2. The van der Waals surface area contributed by atoms with Crippen LogP contribution in [0.15, 0.2) is 10.4 Å². The minimum Gasteiger partial charge on any atom is -0.357 e. The quantitative estimate of drug-likeness (QED) is 0.391. The van der Waals surface area contributed by atoms with Gasteiger partial charge in [-0.1, -0.05) is 13.8 Å². The summed E-state index contributed by atoms with van der Waals surface area (Å²) in [6.07, 6.45) is 2.41. The fourth-order valence-corrected chi connectivity index (χ4v) is 3.77. The van der Waals surface area contributed by atoms with Crippen molar-refractivity contribution >= 4 is 17.3 Å². The topological polar surface area (TPSA) is 55.8 Å². The van der Waals surface area contributed by atoms with Gasteiger partial charge in [0.25, 0.3) is 0 Å². The number of thiazole rings is 1. The molecule has 0 amide bonds. The highest BCUT2D eigenvalue weighted by atomic mass is 32.1. The van der Waals surface area contributed by atoms with Crippen LogP contribution in [-0.2, 0) is 6.54 Å².